The van der Waals surface area contributed by atoms with Crippen LogP contribution in [0.1, 0.15) is 30.2 Å². The Morgan fingerprint density at radius 1 is 1.19 bits per heavy atom. The average Bonchev–Trinajstić information content (AvgIpc) is 2.93. The number of hydrogen-bond acceptors (Lipinski definition) is 3. The second kappa shape index (κ2) is 4.91. The minimum Gasteiger partial charge on any atom is -0.394 e. The van der Waals surface area contributed by atoms with Gasteiger partial charge in [0.15, 0.2) is 5.82 Å². The number of nitrogens with zero attached hydrogens (tertiary/aromatic N) is 4. The van der Waals surface area contributed by atoms with Crippen molar-refractivity contribution in [2.75, 3.05) is 5.73 Å². The normalized spacial score (nSPS) is 11.4. The molecule has 0 aliphatic rings. The van der Waals surface area contributed by atoms with Crippen LogP contribution in [0, 0.1) is 13.8 Å². The van der Waals surface area contributed by atoms with Crippen LogP contribution in [0.25, 0.3) is 16.9 Å². The lowest BCUT2D eigenvalue weighted by atomic mass is 10.1. The third kappa shape index (κ3) is 2.09. The summed E-state index contributed by atoms with van der Waals surface area (Å²) in [6.07, 6.45) is 3.75. The topological polar surface area (TPSA) is 61.7 Å². The first kappa shape index (κ1) is 13.7. The Kier molecular flexibility index (Phi) is 3.20. The summed E-state index contributed by atoms with van der Waals surface area (Å²) in [6.45, 7) is 6.35. The summed E-state index contributed by atoms with van der Waals surface area (Å²) < 4.78 is 3.87. The number of hydrogen-bond donors (Lipinski definition) is 1. The lowest BCUT2D eigenvalue weighted by molar-refractivity contribution is 0.711. The summed E-state index contributed by atoms with van der Waals surface area (Å²) in [5, 5.41) is 4.55. The lowest BCUT2D eigenvalue weighted by Crippen LogP contribution is -2.04. The van der Waals surface area contributed by atoms with Crippen molar-refractivity contribution in [2.24, 2.45) is 7.05 Å². The van der Waals surface area contributed by atoms with E-state index in [4.69, 9.17) is 5.73 Å². The molecule has 110 valence electrons. The van der Waals surface area contributed by atoms with Crippen LogP contribution in [-0.2, 0) is 13.5 Å². The van der Waals surface area contributed by atoms with Gasteiger partial charge in [-0.3, -0.25) is 4.57 Å². The van der Waals surface area contributed by atoms with Crippen molar-refractivity contribution < 1.29 is 0 Å². The Morgan fingerprint density at radius 2 is 1.90 bits per heavy atom. The highest BCUT2D eigenvalue weighted by Gasteiger charge is 2.16. The third-order valence-corrected chi connectivity index (χ3v) is 4.01. The Hall–Kier alpha value is -2.30. The fraction of sp³-hybridized carbons (Fsp3) is 0.375. The van der Waals surface area contributed by atoms with Crippen LogP contribution in [0.5, 0.6) is 0 Å². The quantitative estimate of drug-likeness (QED) is 0.804. The second-order valence-corrected chi connectivity index (χ2v) is 5.60. The van der Waals surface area contributed by atoms with Crippen molar-refractivity contribution in [2.45, 2.75) is 33.6 Å². The molecule has 0 fully saturated rings. The van der Waals surface area contributed by atoms with Gasteiger partial charge >= 0.3 is 0 Å². The Labute approximate surface area is 124 Å². The van der Waals surface area contributed by atoms with E-state index in [1.54, 1.807) is 0 Å². The van der Waals surface area contributed by atoms with E-state index in [0.717, 1.165) is 41.1 Å². The Morgan fingerprint density at radius 3 is 2.62 bits per heavy atom. The maximum absolute atomic E-state index is 6.31. The molecule has 0 radical (unpaired) electrons. The molecular formula is C16H21N5. The zero-order chi connectivity index (χ0) is 15.1. The van der Waals surface area contributed by atoms with Crippen molar-refractivity contribution in [3.05, 3.63) is 35.3 Å². The predicted molar refractivity (Wildman–Crippen MR) is 85.7 cm³/mol. The number of rotatable bonds is 3. The maximum Gasteiger partial charge on any atom is 0.160 e. The molecule has 21 heavy (non-hydrogen) atoms. The van der Waals surface area contributed by atoms with E-state index in [9.17, 15) is 0 Å². The molecule has 5 heteroatoms. The van der Waals surface area contributed by atoms with Crippen LogP contribution in [-0.4, -0.2) is 19.3 Å². The molecule has 0 unspecified atom stereocenters. The molecule has 0 spiro atoms. The average molecular weight is 283 g/mol. The summed E-state index contributed by atoms with van der Waals surface area (Å²) in [5.74, 6) is 0.893. The highest BCUT2D eigenvalue weighted by Crippen LogP contribution is 2.27. The van der Waals surface area contributed by atoms with Crippen molar-refractivity contribution >= 4 is 16.7 Å². The highest BCUT2D eigenvalue weighted by atomic mass is 15.3. The van der Waals surface area contributed by atoms with Gasteiger partial charge in [-0.25, -0.2) is 9.67 Å². The number of aryl methyl sites for hydroxylation is 4. The number of nitrogen functional groups attached to an aromatic ring is 1. The SMILES string of the molecule is CCCc1nn(C)c(-n2cnc3cc(C)c(C)cc32)c1N. The number of nitrogens with two attached hydrogens (primary N) is 1. The van der Waals surface area contributed by atoms with Crippen molar-refractivity contribution in [3.63, 3.8) is 0 Å². The van der Waals surface area contributed by atoms with E-state index in [-0.39, 0.29) is 0 Å². The van der Waals surface area contributed by atoms with Gasteiger partial charge in [0.25, 0.3) is 0 Å². The molecule has 1 aromatic carbocycles. The van der Waals surface area contributed by atoms with E-state index in [0.29, 0.717) is 0 Å². The van der Waals surface area contributed by atoms with Gasteiger partial charge in [0.1, 0.15) is 6.33 Å². The number of fused-ring (bicyclic) bond motifs is 1. The molecular weight excluding hydrogens is 262 g/mol. The zero-order valence-corrected chi connectivity index (χ0v) is 13.0. The fourth-order valence-electron chi connectivity index (χ4n) is 2.73. The smallest absolute Gasteiger partial charge is 0.160 e. The number of benzene rings is 1. The van der Waals surface area contributed by atoms with Gasteiger partial charge in [-0.2, -0.15) is 5.10 Å². The largest absolute Gasteiger partial charge is 0.394 e. The molecule has 5 nitrogen and oxygen atoms in total. The monoisotopic (exact) mass is 283 g/mol. The van der Waals surface area contributed by atoms with Crippen LogP contribution in [0.2, 0.25) is 0 Å². The van der Waals surface area contributed by atoms with E-state index in [2.05, 4.69) is 43.0 Å². The highest BCUT2D eigenvalue weighted by molar-refractivity contribution is 5.80. The summed E-state index contributed by atoms with van der Waals surface area (Å²) >= 11 is 0. The molecule has 0 saturated heterocycles. The van der Waals surface area contributed by atoms with E-state index < -0.39 is 0 Å². The van der Waals surface area contributed by atoms with E-state index in [1.807, 2.05) is 22.6 Å². The number of imidazole rings is 1. The molecule has 2 aromatic heterocycles. The Bertz CT molecular complexity index is 810. The van der Waals surface area contributed by atoms with Gasteiger partial charge in [-0.1, -0.05) is 13.3 Å². The third-order valence-electron chi connectivity index (χ3n) is 4.01. The van der Waals surface area contributed by atoms with Gasteiger partial charge in [-0.05, 0) is 43.5 Å². The Balaban J connectivity index is 2.23. The van der Waals surface area contributed by atoms with Crippen LogP contribution in [0.15, 0.2) is 18.5 Å². The molecule has 3 rings (SSSR count). The molecule has 0 saturated carbocycles. The van der Waals surface area contributed by atoms with Gasteiger partial charge in [0.05, 0.1) is 22.4 Å². The lowest BCUT2D eigenvalue weighted by Gasteiger charge is -2.07. The molecule has 2 heterocycles. The summed E-state index contributed by atoms with van der Waals surface area (Å²) in [7, 11) is 1.93. The van der Waals surface area contributed by atoms with Crippen LogP contribution < -0.4 is 5.73 Å². The molecule has 0 aliphatic heterocycles. The minimum absolute atomic E-state index is 0.747. The van der Waals surface area contributed by atoms with Gasteiger partial charge in [0, 0.05) is 7.05 Å². The molecule has 2 N–H and O–H groups in total. The standard InChI is InChI=1S/C16H21N5/c1-5-6-12-15(17)16(20(4)19-12)21-9-18-13-7-10(2)11(3)8-14(13)21/h7-9H,5-6,17H2,1-4H3. The van der Waals surface area contributed by atoms with Gasteiger partial charge in [0.2, 0.25) is 0 Å². The molecule has 0 amide bonds. The molecule has 3 aromatic rings. The number of aromatic nitrogens is 4. The minimum atomic E-state index is 0.747. The van der Waals surface area contributed by atoms with E-state index >= 15 is 0 Å². The first-order valence-electron chi connectivity index (χ1n) is 7.29. The van der Waals surface area contributed by atoms with Crippen LogP contribution in [0.3, 0.4) is 0 Å². The summed E-state index contributed by atoms with van der Waals surface area (Å²) in [6, 6.07) is 4.27. The predicted octanol–water partition coefficient (Wildman–Crippen LogP) is 2.91. The van der Waals surface area contributed by atoms with Crippen LogP contribution >= 0.6 is 0 Å². The summed E-state index contributed by atoms with van der Waals surface area (Å²) in [5.41, 5.74) is 12.6. The molecule has 0 atom stereocenters. The van der Waals surface area contributed by atoms with Crippen molar-refractivity contribution in [1.82, 2.24) is 19.3 Å². The number of anilines is 1. The van der Waals surface area contributed by atoms with E-state index in [1.165, 1.54) is 11.1 Å². The second-order valence-electron chi connectivity index (χ2n) is 5.60. The summed E-state index contributed by atoms with van der Waals surface area (Å²) in [4.78, 5) is 4.50. The fourth-order valence-corrected chi connectivity index (χ4v) is 2.73. The van der Waals surface area contributed by atoms with Crippen molar-refractivity contribution in [1.29, 1.82) is 0 Å². The first-order valence-corrected chi connectivity index (χ1v) is 7.29. The first-order chi connectivity index (χ1) is 10.0. The van der Waals surface area contributed by atoms with Crippen molar-refractivity contribution in [3.8, 4) is 5.82 Å². The maximum atomic E-state index is 6.31. The van der Waals surface area contributed by atoms with Gasteiger partial charge < -0.3 is 5.73 Å². The van der Waals surface area contributed by atoms with Crippen LogP contribution in [0.4, 0.5) is 5.69 Å². The molecule has 0 aliphatic carbocycles. The molecule has 0 bridgehead atoms. The zero-order valence-electron chi connectivity index (χ0n) is 13.0. The van der Waals surface area contributed by atoms with Gasteiger partial charge in [-0.15, -0.1) is 0 Å².